The summed E-state index contributed by atoms with van der Waals surface area (Å²) < 4.78 is 18.6. The minimum Gasteiger partial charge on any atom is -0.485 e. The molecule has 1 N–H and O–H groups in total. The predicted molar refractivity (Wildman–Crippen MR) is 200 cm³/mol. The van der Waals surface area contributed by atoms with Crippen molar-refractivity contribution in [2.45, 2.75) is 38.2 Å². The van der Waals surface area contributed by atoms with Gasteiger partial charge >= 0.3 is 5.97 Å². The highest BCUT2D eigenvalue weighted by Gasteiger charge is 2.35. The second-order valence-electron chi connectivity index (χ2n) is 12.1. The van der Waals surface area contributed by atoms with Crippen LogP contribution in [0.3, 0.4) is 0 Å². The van der Waals surface area contributed by atoms with E-state index >= 15 is 0 Å². The molecule has 7 heteroatoms. The van der Waals surface area contributed by atoms with Gasteiger partial charge in [0.15, 0.2) is 11.5 Å². The van der Waals surface area contributed by atoms with Gasteiger partial charge in [-0.05, 0) is 52.4 Å². The van der Waals surface area contributed by atoms with Gasteiger partial charge in [-0.3, -0.25) is 4.79 Å². The number of hydrogen-bond acceptors (Lipinski definition) is 5. The molecule has 256 valence electrons. The predicted octanol–water partition coefficient (Wildman–Crippen LogP) is 9.37. The molecule has 0 spiro atoms. The third kappa shape index (κ3) is 9.87. The van der Waals surface area contributed by atoms with Crippen LogP contribution in [0.4, 0.5) is 0 Å². The molecule has 2 unspecified atom stereocenters. The Hall–Kier alpha value is -5.85. The summed E-state index contributed by atoms with van der Waals surface area (Å²) >= 11 is 7.14. The Labute approximate surface area is 303 Å². The molecule has 0 aliphatic heterocycles. The Bertz CT molecular complexity index is 1990. The zero-order chi connectivity index (χ0) is 35.3. The van der Waals surface area contributed by atoms with Crippen LogP contribution in [-0.2, 0) is 35.8 Å². The molecule has 0 aromatic heterocycles. The molecular formula is C44H38ClNO5. The van der Waals surface area contributed by atoms with Gasteiger partial charge in [-0.25, -0.2) is 4.79 Å². The Morgan fingerprint density at radius 3 is 1.49 bits per heavy atom. The van der Waals surface area contributed by atoms with Crippen molar-refractivity contribution in [3.63, 3.8) is 0 Å². The number of halogens is 1. The van der Waals surface area contributed by atoms with E-state index in [0.717, 1.165) is 22.3 Å². The summed E-state index contributed by atoms with van der Waals surface area (Å²) in [6.45, 7) is 0.619. The van der Waals surface area contributed by atoms with E-state index in [-0.39, 0.29) is 13.2 Å². The number of amides is 1. The summed E-state index contributed by atoms with van der Waals surface area (Å²) in [4.78, 5) is 27.9. The van der Waals surface area contributed by atoms with E-state index in [0.29, 0.717) is 40.7 Å². The van der Waals surface area contributed by atoms with Gasteiger partial charge in [0, 0.05) is 22.6 Å². The lowest BCUT2D eigenvalue weighted by molar-refractivity contribution is -0.148. The van der Waals surface area contributed by atoms with Gasteiger partial charge in [0.05, 0.1) is 0 Å². The zero-order valence-corrected chi connectivity index (χ0v) is 28.7. The molecule has 1 amide bonds. The van der Waals surface area contributed by atoms with Crippen LogP contribution >= 0.6 is 11.6 Å². The largest absolute Gasteiger partial charge is 0.485 e. The van der Waals surface area contributed by atoms with E-state index in [2.05, 4.69) is 5.32 Å². The fraction of sp³-hybridized carbons (Fsp3) is 0.136. The third-order valence-corrected chi connectivity index (χ3v) is 8.77. The van der Waals surface area contributed by atoms with Crippen LogP contribution in [0.25, 0.3) is 0 Å². The Balaban J connectivity index is 1.40. The Kier molecular flexibility index (Phi) is 12.1. The highest BCUT2D eigenvalue weighted by atomic mass is 35.5. The van der Waals surface area contributed by atoms with Crippen LogP contribution in [0, 0.1) is 0 Å². The van der Waals surface area contributed by atoms with E-state index < -0.39 is 23.8 Å². The zero-order valence-electron chi connectivity index (χ0n) is 28.0. The van der Waals surface area contributed by atoms with Crippen LogP contribution in [0.2, 0.25) is 5.02 Å². The highest BCUT2D eigenvalue weighted by Crippen LogP contribution is 2.40. The second-order valence-corrected chi connectivity index (χ2v) is 12.5. The molecule has 0 heterocycles. The quantitative estimate of drug-likeness (QED) is 0.108. The lowest BCUT2D eigenvalue weighted by atomic mass is 9.85. The molecule has 6 nitrogen and oxygen atoms in total. The molecule has 6 aromatic rings. The number of carbonyl (C=O) groups is 2. The summed E-state index contributed by atoms with van der Waals surface area (Å²) in [5.41, 5.74) is 4.75. The topological polar surface area (TPSA) is 73.9 Å². The molecule has 0 aliphatic rings. The van der Waals surface area contributed by atoms with Crippen LogP contribution in [0.15, 0.2) is 164 Å². The van der Waals surface area contributed by atoms with Gasteiger partial charge in [-0.1, -0.05) is 151 Å². The van der Waals surface area contributed by atoms with Gasteiger partial charge in [-0.2, -0.15) is 0 Å². The van der Waals surface area contributed by atoms with Crippen molar-refractivity contribution in [2.75, 3.05) is 0 Å². The van der Waals surface area contributed by atoms with Crippen molar-refractivity contribution in [2.24, 2.45) is 0 Å². The van der Waals surface area contributed by atoms with E-state index in [4.69, 9.17) is 25.8 Å². The number of esters is 1. The lowest BCUT2D eigenvalue weighted by Crippen LogP contribution is -2.46. The SMILES string of the molecule is O=C(NC(C(=O)OCc1ccccc1)C(Cc1ccccc1)c1cc(OCc2ccccc2)c(OCc2ccccc2)cc1Cl)c1ccccc1. The molecule has 51 heavy (non-hydrogen) atoms. The average molecular weight is 696 g/mol. The summed E-state index contributed by atoms with van der Waals surface area (Å²) in [6, 6.07) is 50.1. The van der Waals surface area contributed by atoms with Crippen molar-refractivity contribution in [3.8, 4) is 11.5 Å². The number of hydrogen-bond donors (Lipinski definition) is 1. The van der Waals surface area contributed by atoms with Crippen molar-refractivity contribution in [1.82, 2.24) is 5.32 Å². The van der Waals surface area contributed by atoms with E-state index in [9.17, 15) is 9.59 Å². The minimum absolute atomic E-state index is 0.0425. The fourth-order valence-electron chi connectivity index (χ4n) is 5.76. The van der Waals surface area contributed by atoms with Crippen molar-refractivity contribution in [3.05, 3.63) is 202 Å². The molecule has 2 atom stereocenters. The van der Waals surface area contributed by atoms with Gasteiger partial charge in [-0.15, -0.1) is 0 Å². The maximum absolute atomic E-state index is 14.2. The summed E-state index contributed by atoms with van der Waals surface area (Å²) in [5, 5.41) is 3.37. The van der Waals surface area contributed by atoms with Crippen LogP contribution < -0.4 is 14.8 Å². The molecule has 0 bridgehead atoms. The van der Waals surface area contributed by atoms with Crippen molar-refractivity contribution < 1.29 is 23.8 Å². The number of benzene rings is 6. The van der Waals surface area contributed by atoms with Crippen LogP contribution in [0.5, 0.6) is 11.5 Å². The first-order valence-electron chi connectivity index (χ1n) is 16.8. The number of carbonyl (C=O) groups excluding carboxylic acids is 2. The van der Waals surface area contributed by atoms with Crippen molar-refractivity contribution in [1.29, 1.82) is 0 Å². The first-order chi connectivity index (χ1) is 25.0. The minimum atomic E-state index is -1.11. The van der Waals surface area contributed by atoms with Gasteiger partial charge in [0.25, 0.3) is 5.91 Å². The average Bonchev–Trinajstić information content (AvgIpc) is 3.19. The fourth-order valence-corrected chi connectivity index (χ4v) is 6.06. The van der Waals surface area contributed by atoms with E-state index in [1.807, 2.05) is 133 Å². The van der Waals surface area contributed by atoms with Gasteiger partial charge in [0.2, 0.25) is 0 Å². The van der Waals surface area contributed by atoms with Gasteiger partial charge in [0.1, 0.15) is 25.9 Å². The standard InChI is InChI=1S/C44H38ClNO5/c45-39-28-41(50-30-34-20-10-3-11-21-34)40(49-29-33-18-8-2-9-19-33)27-37(39)38(26-32-16-6-1-7-17-32)42(46-43(47)36-24-14-5-15-25-36)44(48)51-31-35-22-12-4-13-23-35/h1-25,27-28,38,42H,26,29-31H2,(H,46,47). The smallest absolute Gasteiger partial charge is 0.329 e. The summed E-state index contributed by atoms with van der Waals surface area (Å²) in [6.07, 6.45) is 0.364. The summed E-state index contributed by atoms with van der Waals surface area (Å²) in [5.74, 6) is -0.735. The molecule has 0 saturated carbocycles. The lowest BCUT2D eigenvalue weighted by Gasteiger charge is -2.29. The van der Waals surface area contributed by atoms with E-state index in [1.165, 1.54) is 0 Å². The monoisotopic (exact) mass is 695 g/mol. The molecule has 0 radical (unpaired) electrons. The molecule has 0 saturated heterocycles. The maximum Gasteiger partial charge on any atom is 0.329 e. The Morgan fingerprint density at radius 1 is 0.549 bits per heavy atom. The van der Waals surface area contributed by atoms with Gasteiger partial charge < -0.3 is 19.5 Å². The van der Waals surface area contributed by atoms with Crippen LogP contribution in [-0.4, -0.2) is 17.9 Å². The third-order valence-electron chi connectivity index (χ3n) is 8.44. The Morgan fingerprint density at radius 2 is 0.980 bits per heavy atom. The first kappa shape index (κ1) is 35.0. The highest BCUT2D eigenvalue weighted by molar-refractivity contribution is 6.31. The first-order valence-corrected chi connectivity index (χ1v) is 17.2. The maximum atomic E-state index is 14.2. The number of ether oxygens (including phenoxy) is 3. The summed E-state index contributed by atoms with van der Waals surface area (Å²) in [7, 11) is 0. The van der Waals surface area contributed by atoms with Crippen molar-refractivity contribution >= 4 is 23.5 Å². The molecule has 6 rings (SSSR count). The van der Waals surface area contributed by atoms with E-state index in [1.54, 1.807) is 30.3 Å². The number of nitrogens with one attached hydrogen (secondary N) is 1. The molecule has 0 aliphatic carbocycles. The second kappa shape index (κ2) is 17.7. The molecule has 0 fully saturated rings. The molecular weight excluding hydrogens is 658 g/mol. The number of rotatable bonds is 15. The normalized spacial score (nSPS) is 11.9. The van der Waals surface area contributed by atoms with Crippen LogP contribution in [0.1, 0.15) is 44.1 Å². The molecule has 6 aromatic carbocycles.